The molecule has 0 radical (unpaired) electrons. The second-order valence-electron chi connectivity index (χ2n) is 5.35. The summed E-state index contributed by atoms with van der Waals surface area (Å²) in [7, 11) is 0. The fraction of sp³-hybridized carbons (Fsp3) is 0.600. The van der Waals surface area contributed by atoms with Crippen molar-refractivity contribution in [3.8, 4) is 0 Å². The summed E-state index contributed by atoms with van der Waals surface area (Å²) in [5.41, 5.74) is 0. The third kappa shape index (κ3) is 4.63. The van der Waals surface area contributed by atoms with Crippen LogP contribution in [0, 0.1) is 5.92 Å². The molecule has 0 bridgehead atoms. The lowest BCUT2D eigenvalue weighted by atomic mass is 9.86. The van der Waals surface area contributed by atoms with Crippen molar-refractivity contribution in [3.63, 3.8) is 0 Å². The minimum absolute atomic E-state index is 0.173. The smallest absolute Gasteiger partial charge is 0.311 e. The molecule has 2 atom stereocenters. The zero-order valence-corrected chi connectivity index (χ0v) is 12.6. The SMILES string of the molecule is CC1CCCCC1NC(=O)COC(=O)Cc1cccs1. The lowest BCUT2D eigenvalue weighted by molar-refractivity contribution is -0.148. The monoisotopic (exact) mass is 295 g/mol. The van der Waals surface area contributed by atoms with Crippen LogP contribution in [0.1, 0.15) is 37.5 Å². The summed E-state index contributed by atoms with van der Waals surface area (Å²) >= 11 is 1.51. The maximum absolute atomic E-state index is 11.8. The fourth-order valence-corrected chi connectivity index (χ4v) is 3.22. The van der Waals surface area contributed by atoms with Gasteiger partial charge in [0.2, 0.25) is 0 Å². The number of ether oxygens (including phenoxy) is 1. The van der Waals surface area contributed by atoms with Gasteiger partial charge >= 0.3 is 5.97 Å². The highest BCUT2D eigenvalue weighted by Crippen LogP contribution is 2.23. The van der Waals surface area contributed by atoms with Crippen molar-refractivity contribution in [3.05, 3.63) is 22.4 Å². The van der Waals surface area contributed by atoms with Gasteiger partial charge < -0.3 is 10.1 Å². The van der Waals surface area contributed by atoms with Gasteiger partial charge in [-0.25, -0.2) is 0 Å². The molecule has 1 aliphatic carbocycles. The number of rotatable bonds is 5. The molecule has 1 amide bonds. The summed E-state index contributed by atoms with van der Waals surface area (Å²) in [5, 5.41) is 4.89. The highest BCUT2D eigenvalue weighted by atomic mass is 32.1. The van der Waals surface area contributed by atoms with Crippen molar-refractivity contribution in [2.75, 3.05) is 6.61 Å². The number of hydrogen-bond acceptors (Lipinski definition) is 4. The molecule has 1 aliphatic rings. The van der Waals surface area contributed by atoms with Gasteiger partial charge in [-0.05, 0) is 30.2 Å². The molecule has 4 nitrogen and oxygen atoms in total. The standard InChI is InChI=1S/C15H21NO3S/c1-11-5-2-3-7-13(11)16-14(17)10-19-15(18)9-12-6-4-8-20-12/h4,6,8,11,13H,2-3,5,7,9-10H2,1H3,(H,16,17). The zero-order valence-electron chi connectivity index (χ0n) is 11.8. The molecule has 0 spiro atoms. The van der Waals surface area contributed by atoms with Crippen LogP contribution in [-0.2, 0) is 20.7 Å². The minimum Gasteiger partial charge on any atom is -0.455 e. The molecular formula is C15H21NO3S. The van der Waals surface area contributed by atoms with Crippen molar-refractivity contribution in [1.82, 2.24) is 5.32 Å². The molecule has 110 valence electrons. The summed E-state index contributed by atoms with van der Waals surface area (Å²) in [5.74, 6) is -0.0305. The topological polar surface area (TPSA) is 55.4 Å². The van der Waals surface area contributed by atoms with Gasteiger partial charge in [0.15, 0.2) is 6.61 Å². The van der Waals surface area contributed by atoms with Crippen LogP contribution in [0.15, 0.2) is 17.5 Å². The number of carbonyl (C=O) groups is 2. The third-order valence-corrected chi connectivity index (χ3v) is 4.60. The Morgan fingerprint density at radius 3 is 2.90 bits per heavy atom. The lowest BCUT2D eigenvalue weighted by Gasteiger charge is -2.29. The van der Waals surface area contributed by atoms with Crippen LogP contribution in [0.2, 0.25) is 0 Å². The van der Waals surface area contributed by atoms with E-state index in [0.717, 1.165) is 24.1 Å². The molecule has 2 unspecified atom stereocenters. The molecule has 1 N–H and O–H groups in total. The first-order valence-electron chi connectivity index (χ1n) is 7.12. The van der Waals surface area contributed by atoms with Gasteiger partial charge in [-0.3, -0.25) is 9.59 Å². The summed E-state index contributed by atoms with van der Waals surface area (Å²) in [6.07, 6.45) is 4.82. The molecule has 1 heterocycles. The second kappa shape index (κ2) is 7.43. The van der Waals surface area contributed by atoms with Gasteiger partial charge in [0.25, 0.3) is 5.91 Å². The quantitative estimate of drug-likeness (QED) is 0.849. The molecule has 1 saturated carbocycles. The van der Waals surface area contributed by atoms with E-state index in [0.29, 0.717) is 5.92 Å². The van der Waals surface area contributed by atoms with Crippen LogP contribution in [0.4, 0.5) is 0 Å². The van der Waals surface area contributed by atoms with E-state index in [-0.39, 0.29) is 30.9 Å². The number of thiophene rings is 1. The highest BCUT2D eigenvalue weighted by Gasteiger charge is 2.23. The van der Waals surface area contributed by atoms with E-state index in [1.807, 2.05) is 17.5 Å². The van der Waals surface area contributed by atoms with Gasteiger partial charge in [0.05, 0.1) is 6.42 Å². The molecule has 1 aromatic rings. The first kappa shape index (κ1) is 15.0. The van der Waals surface area contributed by atoms with Crippen LogP contribution < -0.4 is 5.32 Å². The van der Waals surface area contributed by atoms with Crippen LogP contribution in [0.25, 0.3) is 0 Å². The molecule has 5 heteroatoms. The summed E-state index contributed by atoms with van der Waals surface area (Å²) < 4.78 is 5.01. The minimum atomic E-state index is -0.348. The van der Waals surface area contributed by atoms with Crippen LogP contribution in [-0.4, -0.2) is 24.5 Å². The largest absolute Gasteiger partial charge is 0.455 e. The van der Waals surface area contributed by atoms with E-state index in [1.165, 1.54) is 17.8 Å². The van der Waals surface area contributed by atoms with Crippen molar-refractivity contribution < 1.29 is 14.3 Å². The third-order valence-electron chi connectivity index (χ3n) is 3.72. The summed E-state index contributed by atoms with van der Waals surface area (Å²) in [4.78, 5) is 24.3. The Morgan fingerprint density at radius 2 is 2.20 bits per heavy atom. The summed E-state index contributed by atoms with van der Waals surface area (Å²) in [6.45, 7) is 1.99. The number of amides is 1. The Labute approximate surface area is 123 Å². The van der Waals surface area contributed by atoms with E-state index >= 15 is 0 Å². The predicted octanol–water partition coefficient (Wildman–Crippen LogP) is 2.53. The average Bonchev–Trinajstić information content (AvgIpc) is 2.92. The number of carbonyl (C=O) groups excluding carboxylic acids is 2. The first-order chi connectivity index (χ1) is 9.65. The van der Waals surface area contributed by atoms with E-state index in [1.54, 1.807) is 0 Å². The van der Waals surface area contributed by atoms with E-state index in [2.05, 4.69) is 12.2 Å². The Balaban J connectivity index is 1.68. The predicted molar refractivity (Wildman–Crippen MR) is 78.5 cm³/mol. The molecule has 0 saturated heterocycles. The number of nitrogens with one attached hydrogen (secondary N) is 1. The van der Waals surface area contributed by atoms with Gasteiger partial charge in [-0.1, -0.05) is 25.8 Å². The normalized spacial score (nSPS) is 22.2. The summed E-state index contributed by atoms with van der Waals surface area (Å²) in [6, 6.07) is 4.01. The van der Waals surface area contributed by atoms with Gasteiger partial charge in [-0.2, -0.15) is 0 Å². The van der Waals surface area contributed by atoms with Crippen LogP contribution in [0.5, 0.6) is 0 Å². The van der Waals surface area contributed by atoms with E-state index in [4.69, 9.17) is 4.74 Å². The fourth-order valence-electron chi connectivity index (χ4n) is 2.53. The van der Waals surface area contributed by atoms with Crippen LogP contribution in [0.3, 0.4) is 0 Å². The Kier molecular flexibility index (Phi) is 5.59. The molecule has 20 heavy (non-hydrogen) atoms. The van der Waals surface area contributed by atoms with Crippen molar-refractivity contribution >= 4 is 23.2 Å². The highest BCUT2D eigenvalue weighted by molar-refractivity contribution is 7.10. The maximum Gasteiger partial charge on any atom is 0.311 e. The van der Waals surface area contributed by atoms with Crippen molar-refractivity contribution in [2.24, 2.45) is 5.92 Å². The van der Waals surface area contributed by atoms with Gasteiger partial charge in [0, 0.05) is 10.9 Å². The molecular weight excluding hydrogens is 274 g/mol. The molecule has 2 rings (SSSR count). The Bertz CT molecular complexity index is 444. The zero-order chi connectivity index (χ0) is 14.4. The van der Waals surface area contributed by atoms with Crippen molar-refractivity contribution in [2.45, 2.75) is 45.1 Å². The van der Waals surface area contributed by atoms with E-state index in [9.17, 15) is 9.59 Å². The second-order valence-corrected chi connectivity index (χ2v) is 6.38. The van der Waals surface area contributed by atoms with Crippen molar-refractivity contribution in [1.29, 1.82) is 0 Å². The molecule has 0 aromatic carbocycles. The molecule has 0 aliphatic heterocycles. The van der Waals surface area contributed by atoms with Gasteiger partial charge in [0.1, 0.15) is 0 Å². The number of esters is 1. The Morgan fingerprint density at radius 1 is 1.40 bits per heavy atom. The van der Waals surface area contributed by atoms with E-state index < -0.39 is 0 Å². The maximum atomic E-state index is 11.8. The first-order valence-corrected chi connectivity index (χ1v) is 8.00. The Hall–Kier alpha value is -1.36. The molecule has 1 aromatic heterocycles. The average molecular weight is 295 g/mol. The lowest BCUT2D eigenvalue weighted by Crippen LogP contribution is -2.42. The number of hydrogen-bond donors (Lipinski definition) is 1. The van der Waals surface area contributed by atoms with Crippen LogP contribution >= 0.6 is 11.3 Å². The van der Waals surface area contributed by atoms with Gasteiger partial charge in [-0.15, -0.1) is 11.3 Å². The molecule has 1 fully saturated rings.